The average Bonchev–Trinajstić information content (AvgIpc) is 3.13. The van der Waals surface area contributed by atoms with E-state index in [1.807, 2.05) is 27.0 Å². The summed E-state index contributed by atoms with van der Waals surface area (Å²) in [4.78, 5) is 17.4. The van der Waals surface area contributed by atoms with Crippen LogP contribution < -0.4 is 5.32 Å². The molecule has 0 bridgehead atoms. The number of pyridine rings is 1. The van der Waals surface area contributed by atoms with E-state index in [9.17, 15) is 4.79 Å². The Balaban J connectivity index is 1.59. The quantitative estimate of drug-likeness (QED) is 0.801. The minimum absolute atomic E-state index is 0.0454. The van der Waals surface area contributed by atoms with E-state index in [4.69, 9.17) is 0 Å². The fourth-order valence-electron chi connectivity index (χ4n) is 3.92. The Kier molecular flexibility index (Phi) is 3.79. The molecular formula is C20H22N4O. The van der Waals surface area contributed by atoms with Gasteiger partial charge in [0, 0.05) is 25.2 Å². The number of carbonyl (C=O) groups is 1. The summed E-state index contributed by atoms with van der Waals surface area (Å²) >= 11 is 0. The first-order valence-corrected chi connectivity index (χ1v) is 8.71. The lowest BCUT2D eigenvalue weighted by Crippen LogP contribution is -2.28. The monoisotopic (exact) mass is 334 g/mol. The smallest absolute Gasteiger partial charge is 0.252 e. The summed E-state index contributed by atoms with van der Waals surface area (Å²) in [5.41, 5.74) is 5.87. The van der Waals surface area contributed by atoms with Crippen LogP contribution >= 0.6 is 0 Å². The number of carbonyl (C=O) groups excluding carboxylic acids is 1. The number of aromatic nitrogens is 3. The zero-order valence-corrected chi connectivity index (χ0v) is 14.8. The van der Waals surface area contributed by atoms with Crippen molar-refractivity contribution in [2.45, 2.75) is 32.6 Å². The highest BCUT2D eigenvalue weighted by Gasteiger charge is 2.23. The molecule has 0 saturated carbocycles. The highest BCUT2D eigenvalue weighted by molar-refractivity contribution is 6.06. The molecular weight excluding hydrogens is 312 g/mol. The zero-order valence-electron chi connectivity index (χ0n) is 14.8. The fraction of sp³-hybridized carbons (Fsp3) is 0.350. The topological polar surface area (TPSA) is 59.8 Å². The number of aryl methyl sites for hydroxylation is 4. The van der Waals surface area contributed by atoms with Crippen molar-refractivity contribution in [3.63, 3.8) is 0 Å². The van der Waals surface area contributed by atoms with Crippen LogP contribution in [0.25, 0.3) is 11.0 Å². The van der Waals surface area contributed by atoms with Crippen LogP contribution in [0.2, 0.25) is 0 Å². The minimum atomic E-state index is -0.0454. The van der Waals surface area contributed by atoms with E-state index in [1.54, 1.807) is 4.68 Å². The van der Waals surface area contributed by atoms with Gasteiger partial charge in [-0.3, -0.25) is 9.48 Å². The largest absolute Gasteiger partial charge is 0.351 e. The SMILES string of the molecule is Cc1cc(C(=O)NCC2CCc3ccccc32)c2c(C)nn(C)c2n1. The molecule has 5 heteroatoms. The van der Waals surface area contributed by atoms with Crippen molar-refractivity contribution in [3.8, 4) is 0 Å². The minimum Gasteiger partial charge on any atom is -0.351 e. The Morgan fingerprint density at radius 1 is 1.32 bits per heavy atom. The molecule has 0 radical (unpaired) electrons. The summed E-state index contributed by atoms with van der Waals surface area (Å²) in [6, 6.07) is 10.4. The normalized spacial score (nSPS) is 16.2. The van der Waals surface area contributed by atoms with Crippen molar-refractivity contribution in [2.75, 3.05) is 6.54 Å². The molecule has 1 aliphatic carbocycles. The van der Waals surface area contributed by atoms with Gasteiger partial charge in [0.25, 0.3) is 5.91 Å². The predicted octanol–water partition coefficient (Wildman–Crippen LogP) is 3.04. The second kappa shape index (κ2) is 5.99. The predicted molar refractivity (Wildman–Crippen MR) is 97.8 cm³/mol. The Labute approximate surface area is 147 Å². The molecule has 128 valence electrons. The molecule has 3 aromatic rings. The van der Waals surface area contributed by atoms with E-state index < -0.39 is 0 Å². The number of nitrogens with one attached hydrogen (secondary N) is 1. The summed E-state index contributed by atoms with van der Waals surface area (Å²) in [6.07, 6.45) is 2.19. The number of benzene rings is 1. The highest BCUT2D eigenvalue weighted by Crippen LogP contribution is 2.32. The molecule has 25 heavy (non-hydrogen) atoms. The van der Waals surface area contributed by atoms with Gasteiger partial charge in [-0.15, -0.1) is 0 Å². The molecule has 0 spiro atoms. The molecule has 1 N–H and O–H groups in total. The lowest BCUT2D eigenvalue weighted by molar-refractivity contribution is 0.0952. The summed E-state index contributed by atoms with van der Waals surface area (Å²) in [6.45, 7) is 4.49. The van der Waals surface area contributed by atoms with Gasteiger partial charge in [0.1, 0.15) is 0 Å². The fourth-order valence-corrected chi connectivity index (χ4v) is 3.92. The van der Waals surface area contributed by atoms with E-state index >= 15 is 0 Å². The second-order valence-corrected chi connectivity index (χ2v) is 6.86. The van der Waals surface area contributed by atoms with Crippen LogP contribution in [-0.4, -0.2) is 27.2 Å². The van der Waals surface area contributed by atoms with Crippen LogP contribution in [0.5, 0.6) is 0 Å². The first-order chi connectivity index (χ1) is 12.0. The maximum Gasteiger partial charge on any atom is 0.252 e. The molecule has 1 unspecified atom stereocenters. The first kappa shape index (κ1) is 15.8. The lowest BCUT2D eigenvalue weighted by Gasteiger charge is -2.13. The molecule has 4 rings (SSSR count). The van der Waals surface area contributed by atoms with Gasteiger partial charge in [0.2, 0.25) is 0 Å². The lowest BCUT2D eigenvalue weighted by atomic mass is 10.0. The Morgan fingerprint density at radius 2 is 2.12 bits per heavy atom. The van der Waals surface area contributed by atoms with Crippen molar-refractivity contribution in [1.82, 2.24) is 20.1 Å². The first-order valence-electron chi connectivity index (χ1n) is 8.71. The number of nitrogens with zero attached hydrogens (tertiary/aromatic N) is 3. The van der Waals surface area contributed by atoms with Crippen LogP contribution in [0.15, 0.2) is 30.3 Å². The van der Waals surface area contributed by atoms with Gasteiger partial charge in [-0.05, 0) is 43.9 Å². The Morgan fingerprint density at radius 3 is 2.96 bits per heavy atom. The maximum absolute atomic E-state index is 12.9. The number of hydrogen-bond acceptors (Lipinski definition) is 3. The third-order valence-electron chi connectivity index (χ3n) is 5.11. The third-order valence-corrected chi connectivity index (χ3v) is 5.11. The number of fused-ring (bicyclic) bond motifs is 2. The number of amides is 1. The third kappa shape index (κ3) is 2.69. The zero-order chi connectivity index (χ0) is 17.6. The molecule has 1 amide bonds. The number of hydrogen-bond donors (Lipinski definition) is 1. The van der Waals surface area contributed by atoms with Crippen molar-refractivity contribution in [1.29, 1.82) is 0 Å². The molecule has 5 nitrogen and oxygen atoms in total. The van der Waals surface area contributed by atoms with Gasteiger partial charge in [-0.25, -0.2) is 4.98 Å². The molecule has 0 aliphatic heterocycles. The average molecular weight is 334 g/mol. The van der Waals surface area contributed by atoms with Gasteiger partial charge < -0.3 is 5.32 Å². The van der Waals surface area contributed by atoms with Gasteiger partial charge in [0.05, 0.1) is 16.6 Å². The van der Waals surface area contributed by atoms with E-state index in [0.29, 0.717) is 18.0 Å². The number of rotatable bonds is 3. The van der Waals surface area contributed by atoms with E-state index in [0.717, 1.165) is 35.3 Å². The molecule has 2 heterocycles. The summed E-state index contributed by atoms with van der Waals surface area (Å²) in [7, 11) is 1.86. The second-order valence-electron chi connectivity index (χ2n) is 6.86. The molecule has 1 aliphatic rings. The highest BCUT2D eigenvalue weighted by atomic mass is 16.1. The summed E-state index contributed by atoms with van der Waals surface area (Å²) < 4.78 is 1.74. The van der Waals surface area contributed by atoms with E-state index in [1.165, 1.54) is 11.1 Å². The van der Waals surface area contributed by atoms with E-state index in [2.05, 4.69) is 39.7 Å². The van der Waals surface area contributed by atoms with Gasteiger partial charge in [0.15, 0.2) is 5.65 Å². The molecule has 2 aromatic heterocycles. The van der Waals surface area contributed by atoms with Crippen LogP contribution in [-0.2, 0) is 13.5 Å². The van der Waals surface area contributed by atoms with Crippen molar-refractivity contribution in [3.05, 3.63) is 58.4 Å². The molecule has 1 atom stereocenters. The van der Waals surface area contributed by atoms with Gasteiger partial charge in [-0.1, -0.05) is 24.3 Å². The van der Waals surface area contributed by atoms with Gasteiger partial charge in [-0.2, -0.15) is 5.10 Å². The van der Waals surface area contributed by atoms with Crippen molar-refractivity contribution < 1.29 is 4.79 Å². The summed E-state index contributed by atoms with van der Waals surface area (Å²) in [5.74, 6) is 0.351. The van der Waals surface area contributed by atoms with Crippen LogP contribution in [0.4, 0.5) is 0 Å². The molecule has 0 saturated heterocycles. The molecule has 1 aromatic carbocycles. The van der Waals surface area contributed by atoms with Crippen molar-refractivity contribution in [2.24, 2.45) is 7.05 Å². The van der Waals surface area contributed by atoms with Crippen LogP contribution in [0.3, 0.4) is 0 Å². The Hall–Kier alpha value is -2.69. The van der Waals surface area contributed by atoms with Crippen molar-refractivity contribution >= 4 is 16.9 Å². The van der Waals surface area contributed by atoms with Crippen LogP contribution in [0, 0.1) is 13.8 Å². The molecule has 0 fully saturated rings. The maximum atomic E-state index is 12.9. The van der Waals surface area contributed by atoms with E-state index in [-0.39, 0.29) is 5.91 Å². The standard InChI is InChI=1S/C20H22N4O/c1-12-10-17(18-13(2)23-24(3)19(18)22-12)20(25)21-11-15-9-8-14-6-4-5-7-16(14)15/h4-7,10,15H,8-9,11H2,1-3H3,(H,21,25). The Bertz CT molecular complexity index is 973. The van der Waals surface area contributed by atoms with Crippen LogP contribution in [0.1, 0.15) is 45.2 Å². The van der Waals surface area contributed by atoms with Gasteiger partial charge >= 0.3 is 0 Å². The summed E-state index contributed by atoms with van der Waals surface area (Å²) in [5, 5.41) is 8.39.